The number of likely N-dealkylation sites (N-methyl/N-ethyl adjacent to an activating group) is 1. The molecule has 2 amide bonds. The number of methoxy groups -OCH3 is 1. The largest absolute Gasteiger partial charge is 0.497 e. The highest BCUT2D eigenvalue weighted by molar-refractivity contribution is 6.07. The number of anilines is 1. The SMILES string of the molecule is COc1ccc(N2CCN(C(=O)CN(C)C(=O)c3c[nH]c4ccccc34)CC2)cc1. The number of rotatable bonds is 5. The van der Waals surface area contributed by atoms with Crippen LogP contribution in [0, 0.1) is 0 Å². The first-order valence-electron chi connectivity index (χ1n) is 10.0. The lowest BCUT2D eigenvalue weighted by Gasteiger charge is -2.36. The van der Waals surface area contributed by atoms with Gasteiger partial charge in [-0.3, -0.25) is 9.59 Å². The number of H-pyrrole nitrogens is 1. The van der Waals surface area contributed by atoms with Gasteiger partial charge < -0.3 is 24.4 Å². The highest BCUT2D eigenvalue weighted by Crippen LogP contribution is 2.21. The molecule has 4 rings (SSSR count). The van der Waals surface area contributed by atoms with Crippen LogP contribution in [-0.4, -0.2) is 73.5 Å². The molecule has 0 aliphatic carbocycles. The molecule has 0 unspecified atom stereocenters. The van der Waals surface area contributed by atoms with Gasteiger partial charge in [-0.1, -0.05) is 18.2 Å². The fourth-order valence-electron chi connectivity index (χ4n) is 3.84. The Morgan fingerprint density at radius 3 is 2.43 bits per heavy atom. The number of aromatic nitrogens is 1. The second kappa shape index (κ2) is 8.49. The summed E-state index contributed by atoms with van der Waals surface area (Å²) in [6.45, 7) is 2.87. The summed E-state index contributed by atoms with van der Waals surface area (Å²) >= 11 is 0. The molecule has 0 radical (unpaired) electrons. The number of nitrogens with zero attached hydrogens (tertiary/aromatic N) is 3. The number of para-hydroxylation sites is 1. The van der Waals surface area contributed by atoms with Crippen molar-refractivity contribution in [2.45, 2.75) is 0 Å². The number of hydrogen-bond donors (Lipinski definition) is 1. The lowest BCUT2D eigenvalue weighted by Crippen LogP contribution is -2.51. The highest BCUT2D eigenvalue weighted by atomic mass is 16.5. The van der Waals surface area contributed by atoms with E-state index in [1.807, 2.05) is 53.4 Å². The Hall–Kier alpha value is -3.48. The van der Waals surface area contributed by atoms with E-state index in [4.69, 9.17) is 4.74 Å². The molecule has 7 nitrogen and oxygen atoms in total. The van der Waals surface area contributed by atoms with Gasteiger partial charge in [0.15, 0.2) is 0 Å². The van der Waals surface area contributed by atoms with Crippen molar-refractivity contribution >= 4 is 28.4 Å². The third kappa shape index (κ3) is 3.96. The van der Waals surface area contributed by atoms with Crippen LogP contribution < -0.4 is 9.64 Å². The molecule has 1 fully saturated rings. The van der Waals surface area contributed by atoms with Crippen LogP contribution in [0.25, 0.3) is 10.9 Å². The molecule has 1 aliphatic heterocycles. The maximum Gasteiger partial charge on any atom is 0.256 e. The minimum atomic E-state index is -0.155. The topological polar surface area (TPSA) is 68.9 Å². The molecule has 1 aliphatic rings. The summed E-state index contributed by atoms with van der Waals surface area (Å²) in [4.78, 5) is 34.3. The Bertz CT molecular complexity index is 1040. The van der Waals surface area contributed by atoms with E-state index in [0.29, 0.717) is 18.7 Å². The van der Waals surface area contributed by atoms with Gasteiger partial charge in [0.25, 0.3) is 5.91 Å². The molecule has 0 spiro atoms. The number of hydrogen-bond acceptors (Lipinski definition) is 4. The van der Waals surface area contributed by atoms with E-state index in [2.05, 4.69) is 9.88 Å². The molecule has 2 heterocycles. The van der Waals surface area contributed by atoms with Crippen LogP contribution in [0.1, 0.15) is 10.4 Å². The number of benzene rings is 2. The number of carbonyl (C=O) groups excluding carboxylic acids is 2. The minimum Gasteiger partial charge on any atom is -0.497 e. The molecule has 30 heavy (non-hydrogen) atoms. The predicted octanol–water partition coefficient (Wildman–Crippen LogP) is 2.60. The average molecular weight is 406 g/mol. The second-order valence-electron chi connectivity index (χ2n) is 7.48. The number of aromatic amines is 1. The fraction of sp³-hybridized carbons (Fsp3) is 0.304. The number of amides is 2. The summed E-state index contributed by atoms with van der Waals surface area (Å²) in [6, 6.07) is 15.6. The highest BCUT2D eigenvalue weighted by Gasteiger charge is 2.24. The van der Waals surface area contributed by atoms with Gasteiger partial charge in [0.1, 0.15) is 5.75 Å². The molecule has 1 N–H and O–H groups in total. The van der Waals surface area contributed by atoms with Crippen molar-refractivity contribution < 1.29 is 14.3 Å². The van der Waals surface area contributed by atoms with Crippen molar-refractivity contribution in [1.29, 1.82) is 0 Å². The van der Waals surface area contributed by atoms with E-state index in [-0.39, 0.29) is 18.4 Å². The number of piperazine rings is 1. The van der Waals surface area contributed by atoms with E-state index < -0.39 is 0 Å². The van der Waals surface area contributed by atoms with Crippen LogP contribution in [0.15, 0.2) is 54.7 Å². The maximum atomic E-state index is 12.8. The Balaban J connectivity index is 1.33. The van der Waals surface area contributed by atoms with Gasteiger partial charge in [-0.15, -0.1) is 0 Å². The normalized spacial score (nSPS) is 14.1. The van der Waals surface area contributed by atoms with E-state index in [0.717, 1.165) is 35.4 Å². The van der Waals surface area contributed by atoms with Crippen LogP contribution in [0.4, 0.5) is 5.69 Å². The van der Waals surface area contributed by atoms with Gasteiger partial charge in [-0.2, -0.15) is 0 Å². The summed E-state index contributed by atoms with van der Waals surface area (Å²) in [5.41, 5.74) is 2.62. The summed E-state index contributed by atoms with van der Waals surface area (Å²) in [5.74, 6) is 0.646. The zero-order valence-corrected chi connectivity index (χ0v) is 17.3. The van der Waals surface area contributed by atoms with Gasteiger partial charge >= 0.3 is 0 Å². The van der Waals surface area contributed by atoms with Crippen LogP contribution in [0.3, 0.4) is 0 Å². The number of fused-ring (bicyclic) bond motifs is 1. The van der Waals surface area contributed by atoms with Gasteiger partial charge in [0.05, 0.1) is 19.2 Å². The molecule has 7 heteroatoms. The fourth-order valence-corrected chi connectivity index (χ4v) is 3.84. The molecule has 0 saturated carbocycles. The Kier molecular flexibility index (Phi) is 5.61. The standard InChI is InChI=1S/C23H26N4O3/c1-25(23(29)20-15-24-21-6-4-3-5-19(20)21)16-22(28)27-13-11-26(12-14-27)17-7-9-18(30-2)10-8-17/h3-10,15,24H,11-14,16H2,1-2H3. The third-order valence-electron chi connectivity index (χ3n) is 5.61. The predicted molar refractivity (Wildman–Crippen MR) is 117 cm³/mol. The Labute approximate surface area is 175 Å². The lowest BCUT2D eigenvalue weighted by molar-refractivity contribution is -0.131. The van der Waals surface area contributed by atoms with Crippen molar-refractivity contribution in [2.24, 2.45) is 0 Å². The first-order valence-corrected chi connectivity index (χ1v) is 10.0. The van der Waals surface area contributed by atoms with Crippen molar-refractivity contribution in [2.75, 3.05) is 51.8 Å². The zero-order chi connectivity index (χ0) is 21.1. The minimum absolute atomic E-state index is 0.0277. The molecule has 1 saturated heterocycles. The van der Waals surface area contributed by atoms with Gasteiger partial charge in [0.2, 0.25) is 5.91 Å². The summed E-state index contributed by atoms with van der Waals surface area (Å²) in [6.07, 6.45) is 1.71. The van der Waals surface area contributed by atoms with E-state index in [1.165, 1.54) is 4.90 Å². The summed E-state index contributed by atoms with van der Waals surface area (Å²) < 4.78 is 5.21. The lowest BCUT2D eigenvalue weighted by atomic mass is 10.1. The van der Waals surface area contributed by atoms with Crippen molar-refractivity contribution in [3.05, 3.63) is 60.3 Å². The first kappa shape index (κ1) is 19.8. The van der Waals surface area contributed by atoms with E-state index in [9.17, 15) is 9.59 Å². The van der Waals surface area contributed by atoms with Gasteiger partial charge in [-0.25, -0.2) is 0 Å². The summed E-state index contributed by atoms with van der Waals surface area (Å²) in [7, 11) is 3.33. The smallest absolute Gasteiger partial charge is 0.256 e. The molecule has 0 atom stereocenters. The van der Waals surface area contributed by atoms with Crippen molar-refractivity contribution in [3.8, 4) is 5.75 Å². The van der Waals surface area contributed by atoms with Crippen LogP contribution in [0.5, 0.6) is 5.75 Å². The Morgan fingerprint density at radius 1 is 1.03 bits per heavy atom. The number of carbonyl (C=O) groups is 2. The van der Waals surface area contributed by atoms with Crippen molar-refractivity contribution in [1.82, 2.24) is 14.8 Å². The van der Waals surface area contributed by atoms with Crippen LogP contribution >= 0.6 is 0 Å². The molecular formula is C23H26N4O3. The molecule has 156 valence electrons. The Morgan fingerprint density at radius 2 is 1.73 bits per heavy atom. The third-order valence-corrected chi connectivity index (χ3v) is 5.61. The molecular weight excluding hydrogens is 380 g/mol. The molecule has 1 aromatic heterocycles. The monoisotopic (exact) mass is 406 g/mol. The van der Waals surface area contributed by atoms with Crippen LogP contribution in [-0.2, 0) is 4.79 Å². The molecule has 3 aromatic rings. The van der Waals surface area contributed by atoms with E-state index >= 15 is 0 Å². The quantitative estimate of drug-likeness (QED) is 0.707. The average Bonchev–Trinajstić information content (AvgIpc) is 3.23. The second-order valence-corrected chi connectivity index (χ2v) is 7.48. The van der Waals surface area contributed by atoms with Gasteiger partial charge in [0, 0.05) is 56.0 Å². The molecule has 0 bridgehead atoms. The summed E-state index contributed by atoms with van der Waals surface area (Å²) in [5, 5.41) is 0.870. The number of ether oxygens (including phenoxy) is 1. The maximum absolute atomic E-state index is 12.8. The molecule has 2 aromatic carbocycles. The van der Waals surface area contributed by atoms with Crippen molar-refractivity contribution in [3.63, 3.8) is 0 Å². The zero-order valence-electron chi connectivity index (χ0n) is 17.3. The van der Waals surface area contributed by atoms with Crippen LogP contribution in [0.2, 0.25) is 0 Å². The van der Waals surface area contributed by atoms with E-state index in [1.54, 1.807) is 20.4 Å². The van der Waals surface area contributed by atoms with Gasteiger partial charge in [-0.05, 0) is 30.3 Å². The first-order chi connectivity index (χ1) is 14.6. The number of nitrogens with one attached hydrogen (secondary N) is 1.